The molecule has 2 N–H and O–H groups in total. The molecule has 18 heavy (non-hydrogen) atoms. The summed E-state index contributed by atoms with van der Waals surface area (Å²) in [6.07, 6.45) is 7.40. The number of carbonyl (C=O) groups is 1. The van der Waals surface area contributed by atoms with E-state index in [-0.39, 0.29) is 6.04 Å². The van der Waals surface area contributed by atoms with Gasteiger partial charge in [0.1, 0.15) is 0 Å². The zero-order valence-corrected chi connectivity index (χ0v) is 11.6. The number of amides is 1. The Morgan fingerprint density at radius 2 is 1.89 bits per heavy atom. The molecule has 2 rings (SSSR count). The minimum atomic E-state index is 0.00903. The minimum absolute atomic E-state index is 0.00903. The predicted octanol–water partition coefficient (Wildman–Crippen LogP) is 1.20. The molecule has 1 heterocycles. The van der Waals surface area contributed by atoms with E-state index in [2.05, 4.69) is 11.8 Å². The van der Waals surface area contributed by atoms with Gasteiger partial charge in [-0.1, -0.05) is 12.8 Å². The third kappa shape index (κ3) is 3.04. The summed E-state index contributed by atoms with van der Waals surface area (Å²) < 4.78 is 0. The summed E-state index contributed by atoms with van der Waals surface area (Å²) in [6.45, 7) is 5.46. The quantitative estimate of drug-likeness (QED) is 0.801. The average Bonchev–Trinajstić information content (AvgIpc) is 3.05. The molecule has 1 amide bonds. The number of nitrogens with zero attached hydrogens (tertiary/aromatic N) is 2. The maximum Gasteiger partial charge on any atom is 0.239 e. The number of hydrogen-bond donors (Lipinski definition) is 1. The monoisotopic (exact) mass is 253 g/mol. The van der Waals surface area contributed by atoms with Gasteiger partial charge in [0.25, 0.3) is 0 Å². The van der Waals surface area contributed by atoms with Gasteiger partial charge in [-0.05, 0) is 32.6 Å². The molecular weight excluding hydrogens is 226 g/mol. The van der Waals surface area contributed by atoms with E-state index < -0.39 is 0 Å². The summed E-state index contributed by atoms with van der Waals surface area (Å²) in [5, 5.41) is 0. The van der Waals surface area contributed by atoms with Crippen LogP contribution in [0.15, 0.2) is 0 Å². The van der Waals surface area contributed by atoms with Crippen LogP contribution in [0, 0.1) is 0 Å². The lowest BCUT2D eigenvalue weighted by molar-refractivity contribution is -0.136. The van der Waals surface area contributed by atoms with Crippen LogP contribution in [0.5, 0.6) is 0 Å². The Morgan fingerprint density at radius 3 is 2.44 bits per heavy atom. The highest BCUT2D eigenvalue weighted by molar-refractivity contribution is 5.81. The molecule has 2 fully saturated rings. The lowest BCUT2D eigenvalue weighted by atomic mass is 10.1. The maximum atomic E-state index is 12.5. The summed E-state index contributed by atoms with van der Waals surface area (Å²) in [6, 6.07) is 0.588. The molecule has 0 radical (unpaired) electrons. The first-order chi connectivity index (χ1) is 8.74. The van der Waals surface area contributed by atoms with Crippen molar-refractivity contribution < 1.29 is 4.79 Å². The van der Waals surface area contributed by atoms with Crippen molar-refractivity contribution in [2.45, 2.75) is 57.5 Å². The lowest BCUT2D eigenvalue weighted by Gasteiger charge is -2.35. The van der Waals surface area contributed by atoms with Crippen LogP contribution >= 0.6 is 0 Å². The van der Waals surface area contributed by atoms with Gasteiger partial charge in [0.15, 0.2) is 0 Å². The normalized spacial score (nSPS) is 22.9. The Labute approximate surface area is 110 Å². The standard InChI is InChI=1S/C14H27N3O/c1-12(14(18)16-9-4-5-10-16)17(11-8-15)13-6-2-3-7-13/h12-13H,2-11,15H2,1H3. The van der Waals surface area contributed by atoms with E-state index in [0.717, 1.165) is 19.6 Å². The molecule has 4 nitrogen and oxygen atoms in total. The van der Waals surface area contributed by atoms with Crippen LogP contribution in [0.4, 0.5) is 0 Å². The van der Waals surface area contributed by atoms with Gasteiger partial charge in [-0.25, -0.2) is 0 Å². The van der Waals surface area contributed by atoms with Gasteiger partial charge in [0, 0.05) is 32.2 Å². The summed E-state index contributed by atoms with van der Waals surface area (Å²) in [5.41, 5.74) is 5.72. The van der Waals surface area contributed by atoms with Crippen LogP contribution in [-0.4, -0.2) is 54.0 Å². The van der Waals surface area contributed by atoms with Gasteiger partial charge in [0.05, 0.1) is 6.04 Å². The second-order valence-electron chi connectivity index (χ2n) is 5.67. The SMILES string of the molecule is CC(C(=O)N1CCCC1)N(CCN)C1CCCC1. The molecule has 1 aliphatic carbocycles. The highest BCUT2D eigenvalue weighted by atomic mass is 16.2. The van der Waals surface area contributed by atoms with E-state index >= 15 is 0 Å². The van der Waals surface area contributed by atoms with E-state index in [4.69, 9.17) is 5.73 Å². The van der Waals surface area contributed by atoms with Gasteiger partial charge in [-0.3, -0.25) is 9.69 Å². The van der Waals surface area contributed by atoms with Crippen molar-refractivity contribution in [2.75, 3.05) is 26.2 Å². The van der Waals surface area contributed by atoms with Gasteiger partial charge >= 0.3 is 0 Å². The van der Waals surface area contributed by atoms with Crippen molar-refractivity contribution >= 4 is 5.91 Å². The molecule has 104 valence electrons. The third-order valence-electron chi connectivity index (χ3n) is 4.45. The fraction of sp³-hybridized carbons (Fsp3) is 0.929. The summed E-state index contributed by atoms with van der Waals surface area (Å²) in [4.78, 5) is 16.8. The molecule has 2 aliphatic rings. The van der Waals surface area contributed by atoms with E-state index in [0.29, 0.717) is 18.5 Å². The molecule has 4 heteroatoms. The molecule has 1 unspecified atom stereocenters. The van der Waals surface area contributed by atoms with E-state index in [1.165, 1.54) is 38.5 Å². The average molecular weight is 253 g/mol. The molecule has 0 aromatic heterocycles. The fourth-order valence-electron chi connectivity index (χ4n) is 3.42. The van der Waals surface area contributed by atoms with Crippen molar-refractivity contribution in [3.63, 3.8) is 0 Å². The first-order valence-electron chi connectivity index (χ1n) is 7.48. The van der Waals surface area contributed by atoms with Crippen molar-refractivity contribution in [2.24, 2.45) is 5.73 Å². The second kappa shape index (κ2) is 6.53. The second-order valence-corrected chi connectivity index (χ2v) is 5.67. The first kappa shape index (κ1) is 13.8. The van der Waals surface area contributed by atoms with Crippen molar-refractivity contribution in [1.82, 2.24) is 9.80 Å². The van der Waals surface area contributed by atoms with Gasteiger partial charge in [-0.2, -0.15) is 0 Å². The Bertz CT molecular complexity index is 270. The Kier molecular flexibility index (Phi) is 5.01. The molecule has 0 spiro atoms. The van der Waals surface area contributed by atoms with Gasteiger partial charge < -0.3 is 10.6 Å². The Balaban J connectivity index is 1.97. The number of rotatable bonds is 5. The molecule has 1 atom stereocenters. The molecule has 1 saturated heterocycles. The first-order valence-corrected chi connectivity index (χ1v) is 7.48. The molecule has 1 aliphatic heterocycles. The van der Waals surface area contributed by atoms with Crippen LogP contribution in [0.25, 0.3) is 0 Å². The van der Waals surface area contributed by atoms with Gasteiger partial charge in [0.2, 0.25) is 5.91 Å². The van der Waals surface area contributed by atoms with E-state index in [1.807, 2.05) is 4.90 Å². The predicted molar refractivity (Wildman–Crippen MR) is 73.3 cm³/mol. The zero-order chi connectivity index (χ0) is 13.0. The van der Waals surface area contributed by atoms with Crippen molar-refractivity contribution in [1.29, 1.82) is 0 Å². The van der Waals surface area contributed by atoms with Crippen LogP contribution in [0.1, 0.15) is 45.4 Å². The smallest absolute Gasteiger partial charge is 0.239 e. The highest BCUT2D eigenvalue weighted by Gasteiger charge is 2.32. The number of hydrogen-bond acceptors (Lipinski definition) is 3. The summed E-state index contributed by atoms with van der Waals surface area (Å²) >= 11 is 0. The number of likely N-dealkylation sites (tertiary alicyclic amines) is 1. The molecule has 0 aromatic carbocycles. The lowest BCUT2D eigenvalue weighted by Crippen LogP contribution is -2.51. The highest BCUT2D eigenvalue weighted by Crippen LogP contribution is 2.25. The zero-order valence-electron chi connectivity index (χ0n) is 11.6. The maximum absolute atomic E-state index is 12.5. The van der Waals surface area contributed by atoms with E-state index in [1.54, 1.807) is 0 Å². The summed E-state index contributed by atoms with van der Waals surface area (Å²) in [7, 11) is 0. The minimum Gasteiger partial charge on any atom is -0.341 e. The molecule has 0 bridgehead atoms. The topological polar surface area (TPSA) is 49.6 Å². The molecule has 1 saturated carbocycles. The van der Waals surface area contributed by atoms with Crippen LogP contribution in [0.3, 0.4) is 0 Å². The van der Waals surface area contributed by atoms with Crippen LogP contribution in [0.2, 0.25) is 0 Å². The van der Waals surface area contributed by atoms with Crippen LogP contribution in [-0.2, 0) is 4.79 Å². The van der Waals surface area contributed by atoms with Crippen molar-refractivity contribution in [3.05, 3.63) is 0 Å². The van der Waals surface area contributed by atoms with Crippen LogP contribution < -0.4 is 5.73 Å². The molecule has 0 aromatic rings. The Hall–Kier alpha value is -0.610. The summed E-state index contributed by atoms with van der Waals surface area (Å²) in [5.74, 6) is 0.313. The third-order valence-corrected chi connectivity index (χ3v) is 4.45. The number of carbonyl (C=O) groups excluding carboxylic acids is 1. The largest absolute Gasteiger partial charge is 0.341 e. The number of nitrogens with two attached hydrogens (primary N) is 1. The fourth-order valence-corrected chi connectivity index (χ4v) is 3.42. The van der Waals surface area contributed by atoms with Gasteiger partial charge in [-0.15, -0.1) is 0 Å². The Morgan fingerprint density at radius 1 is 1.28 bits per heavy atom. The van der Waals surface area contributed by atoms with E-state index in [9.17, 15) is 4.79 Å². The molecular formula is C14H27N3O. The van der Waals surface area contributed by atoms with Crippen molar-refractivity contribution in [3.8, 4) is 0 Å².